The fourth-order valence-corrected chi connectivity index (χ4v) is 1.67. The van der Waals surface area contributed by atoms with Gasteiger partial charge in [0.1, 0.15) is 0 Å². The lowest BCUT2D eigenvalue weighted by Crippen LogP contribution is -2.20. The van der Waals surface area contributed by atoms with Gasteiger partial charge in [-0.2, -0.15) is 5.10 Å². The molecule has 0 aliphatic carbocycles. The summed E-state index contributed by atoms with van der Waals surface area (Å²) in [7, 11) is 0. The second-order valence-corrected chi connectivity index (χ2v) is 4.30. The van der Waals surface area contributed by atoms with Crippen molar-refractivity contribution in [1.82, 2.24) is 15.4 Å². The molecular formula is C12H10N6O5. The maximum Gasteiger partial charge on any atom is 0.353 e. The van der Waals surface area contributed by atoms with Gasteiger partial charge in [-0.3, -0.25) is 14.9 Å². The van der Waals surface area contributed by atoms with Crippen molar-refractivity contribution in [3.8, 4) is 0 Å². The molecule has 0 radical (unpaired) electrons. The van der Waals surface area contributed by atoms with Crippen molar-refractivity contribution in [2.75, 3.05) is 0 Å². The molecule has 0 aliphatic heterocycles. The minimum atomic E-state index is -0.848. The van der Waals surface area contributed by atoms with Crippen molar-refractivity contribution >= 4 is 23.1 Å². The molecule has 11 nitrogen and oxygen atoms in total. The summed E-state index contributed by atoms with van der Waals surface area (Å²) in [6, 6.07) is 5.55. The summed E-state index contributed by atoms with van der Waals surface area (Å²) in [6.45, 7) is 1.57. The third kappa shape index (κ3) is 3.53. The molecule has 0 fully saturated rings. The maximum atomic E-state index is 11.8. The lowest BCUT2D eigenvalue weighted by Gasteiger charge is -2.02. The third-order valence-corrected chi connectivity index (χ3v) is 2.84. The first kappa shape index (κ1) is 15.8. The van der Waals surface area contributed by atoms with Crippen LogP contribution in [0, 0.1) is 20.2 Å². The summed E-state index contributed by atoms with van der Waals surface area (Å²) >= 11 is 0. The van der Waals surface area contributed by atoms with Gasteiger partial charge in [0.2, 0.25) is 5.69 Å². The molecule has 1 amide bonds. The largest absolute Gasteiger partial charge is 0.358 e. The number of rotatable bonds is 5. The van der Waals surface area contributed by atoms with Gasteiger partial charge in [-0.15, -0.1) is 0 Å². The number of amides is 1. The number of nitro groups is 2. The van der Waals surface area contributed by atoms with Gasteiger partial charge < -0.3 is 10.1 Å². The zero-order chi connectivity index (χ0) is 17.0. The van der Waals surface area contributed by atoms with Gasteiger partial charge in [0.25, 0.3) is 11.6 Å². The van der Waals surface area contributed by atoms with Crippen LogP contribution in [0.5, 0.6) is 0 Å². The minimum absolute atomic E-state index is 0.0715. The van der Waals surface area contributed by atoms with E-state index in [0.29, 0.717) is 11.3 Å². The van der Waals surface area contributed by atoms with Gasteiger partial charge >= 0.3 is 5.82 Å². The summed E-state index contributed by atoms with van der Waals surface area (Å²) in [5.74, 6) is -1.38. The van der Waals surface area contributed by atoms with E-state index in [0.717, 1.165) is 6.33 Å². The highest BCUT2D eigenvalue weighted by Gasteiger charge is 2.22. The Balaban J connectivity index is 2.12. The van der Waals surface area contributed by atoms with Crippen LogP contribution in [0.3, 0.4) is 0 Å². The Labute approximate surface area is 128 Å². The van der Waals surface area contributed by atoms with Crippen LogP contribution in [-0.4, -0.2) is 31.4 Å². The van der Waals surface area contributed by atoms with Crippen molar-refractivity contribution < 1.29 is 14.6 Å². The quantitative estimate of drug-likeness (QED) is 0.481. The number of hydrazone groups is 1. The van der Waals surface area contributed by atoms with E-state index in [1.165, 1.54) is 24.3 Å². The standard InChI is InChI=1S/C12H10N6O5/c1-7(8-2-4-9(5-3-8)17(20)21)15-16-12(19)10-11(18(22)23)14-6-13-10/h2-6H,1H3,(H,13,14)(H,16,19)/b15-7+. The second-order valence-electron chi connectivity index (χ2n) is 4.30. The van der Waals surface area contributed by atoms with Crippen molar-refractivity contribution in [3.05, 3.63) is 62.1 Å². The number of hydrogen-bond acceptors (Lipinski definition) is 7. The highest BCUT2D eigenvalue weighted by Crippen LogP contribution is 2.13. The topological polar surface area (TPSA) is 156 Å². The van der Waals surface area contributed by atoms with Crippen molar-refractivity contribution in [2.45, 2.75) is 6.92 Å². The second kappa shape index (κ2) is 6.43. The van der Waals surface area contributed by atoms with Gasteiger partial charge in [0.05, 0.1) is 10.6 Å². The van der Waals surface area contributed by atoms with Gasteiger partial charge in [0.15, 0.2) is 6.33 Å². The molecule has 1 heterocycles. The van der Waals surface area contributed by atoms with Crippen molar-refractivity contribution in [1.29, 1.82) is 0 Å². The zero-order valence-electron chi connectivity index (χ0n) is 11.7. The molecule has 0 atom stereocenters. The molecule has 0 spiro atoms. The number of non-ortho nitro benzene ring substituents is 1. The molecular weight excluding hydrogens is 308 g/mol. The Kier molecular flexibility index (Phi) is 4.40. The summed E-state index contributed by atoms with van der Waals surface area (Å²) in [6.07, 6.45) is 1.03. The van der Waals surface area contributed by atoms with E-state index in [2.05, 4.69) is 20.5 Å². The van der Waals surface area contributed by atoms with Crippen LogP contribution in [0.2, 0.25) is 0 Å². The number of aromatic amines is 1. The van der Waals surface area contributed by atoms with Gasteiger partial charge in [0, 0.05) is 12.1 Å². The van der Waals surface area contributed by atoms with Crippen LogP contribution in [0.15, 0.2) is 35.7 Å². The highest BCUT2D eigenvalue weighted by atomic mass is 16.6. The number of aromatic nitrogens is 2. The third-order valence-electron chi connectivity index (χ3n) is 2.84. The van der Waals surface area contributed by atoms with Crippen LogP contribution in [0.25, 0.3) is 0 Å². The molecule has 0 bridgehead atoms. The predicted octanol–water partition coefficient (Wildman–Crippen LogP) is 1.38. The average molecular weight is 318 g/mol. The van der Waals surface area contributed by atoms with Crippen LogP contribution in [-0.2, 0) is 0 Å². The van der Waals surface area contributed by atoms with Crippen molar-refractivity contribution in [2.24, 2.45) is 5.10 Å². The van der Waals surface area contributed by atoms with Crippen molar-refractivity contribution in [3.63, 3.8) is 0 Å². The molecule has 1 aromatic heterocycles. The normalized spacial score (nSPS) is 11.1. The first-order valence-electron chi connectivity index (χ1n) is 6.17. The van der Waals surface area contributed by atoms with E-state index in [4.69, 9.17) is 0 Å². The number of H-pyrrole nitrogens is 1. The zero-order valence-corrected chi connectivity index (χ0v) is 11.7. The molecule has 0 unspecified atom stereocenters. The summed E-state index contributed by atoms with van der Waals surface area (Å²) in [5, 5.41) is 25.1. The lowest BCUT2D eigenvalue weighted by molar-refractivity contribution is -0.389. The highest BCUT2D eigenvalue weighted by molar-refractivity contribution is 6.01. The van der Waals surface area contributed by atoms with Crippen LogP contribution in [0.1, 0.15) is 23.0 Å². The molecule has 0 saturated carbocycles. The molecule has 118 valence electrons. The molecule has 1 aromatic carbocycles. The monoisotopic (exact) mass is 318 g/mol. The lowest BCUT2D eigenvalue weighted by atomic mass is 10.1. The fourth-order valence-electron chi connectivity index (χ4n) is 1.67. The Morgan fingerprint density at radius 2 is 1.87 bits per heavy atom. The molecule has 0 aliphatic rings. The maximum absolute atomic E-state index is 11.8. The number of hydrogen-bond donors (Lipinski definition) is 2. The number of nitro benzene ring substituents is 1. The van der Waals surface area contributed by atoms with Gasteiger partial charge in [-0.05, 0) is 29.5 Å². The number of carbonyl (C=O) groups is 1. The van der Waals surface area contributed by atoms with Gasteiger partial charge in [-0.1, -0.05) is 0 Å². The Morgan fingerprint density at radius 1 is 1.22 bits per heavy atom. The van der Waals surface area contributed by atoms with E-state index >= 15 is 0 Å². The van der Waals surface area contributed by atoms with E-state index < -0.39 is 27.3 Å². The number of benzene rings is 1. The number of nitrogens with zero attached hydrogens (tertiary/aromatic N) is 4. The van der Waals surface area contributed by atoms with E-state index in [1.54, 1.807) is 6.92 Å². The van der Waals surface area contributed by atoms with Gasteiger partial charge in [-0.25, -0.2) is 15.4 Å². The summed E-state index contributed by atoms with van der Waals surface area (Å²) < 4.78 is 0. The van der Waals surface area contributed by atoms with Crippen LogP contribution in [0.4, 0.5) is 11.5 Å². The van der Waals surface area contributed by atoms with E-state index in [1.807, 2.05) is 0 Å². The summed E-state index contributed by atoms with van der Waals surface area (Å²) in [4.78, 5) is 37.6. The molecule has 0 saturated heterocycles. The first-order valence-corrected chi connectivity index (χ1v) is 6.17. The Hall–Kier alpha value is -3.63. The molecule has 11 heteroatoms. The molecule has 2 aromatic rings. The Bertz CT molecular complexity index is 795. The first-order chi connectivity index (χ1) is 10.9. The number of nitrogens with one attached hydrogen (secondary N) is 2. The number of carbonyl (C=O) groups excluding carboxylic acids is 1. The minimum Gasteiger partial charge on any atom is -0.358 e. The Morgan fingerprint density at radius 3 is 2.43 bits per heavy atom. The summed E-state index contributed by atoms with van der Waals surface area (Å²) in [5.41, 5.74) is 2.59. The van der Waals surface area contributed by atoms with Crippen LogP contribution < -0.4 is 5.43 Å². The SMILES string of the molecule is C/C(=N\NC(=O)c1nc[nH]c1[N+](=O)[O-])c1ccc([N+](=O)[O-])cc1. The van der Waals surface area contributed by atoms with Crippen LogP contribution >= 0.6 is 0 Å². The molecule has 2 rings (SSSR count). The molecule has 23 heavy (non-hydrogen) atoms. The fraction of sp³-hybridized carbons (Fsp3) is 0.0833. The smallest absolute Gasteiger partial charge is 0.353 e. The molecule has 2 N–H and O–H groups in total. The predicted molar refractivity (Wildman–Crippen MR) is 78.0 cm³/mol. The van der Waals surface area contributed by atoms with E-state index in [-0.39, 0.29) is 5.69 Å². The average Bonchev–Trinajstić information content (AvgIpc) is 3.02. The van der Waals surface area contributed by atoms with E-state index in [9.17, 15) is 25.0 Å². The number of imidazole rings is 1.